The smallest absolute Gasteiger partial charge is 0.283 e. The summed E-state index contributed by atoms with van der Waals surface area (Å²) in [6.45, 7) is 2.91. The van der Waals surface area contributed by atoms with Crippen LogP contribution in [0.5, 0.6) is 0 Å². The minimum absolute atomic E-state index is 0.0202. The van der Waals surface area contributed by atoms with Gasteiger partial charge in [0.2, 0.25) is 5.91 Å². The molecule has 0 spiro atoms. The van der Waals surface area contributed by atoms with Crippen LogP contribution in [-0.4, -0.2) is 47.3 Å². The summed E-state index contributed by atoms with van der Waals surface area (Å²) in [5, 5.41) is 13.8. The second-order valence-electron chi connectivity index (χ2n) is 5.80. The van der Waals surface area contributed by atoms with E-state index in [-0.39, 0.29) is 36.5 Å². The minimum atomic E-state index is -0.469. The highest BCUT2D eigenvalue weighted by Crippen LogP contribution is 2.30. The third kappa shape index (κ3) is 4.30. The van der Waals surface area contributed by atoms with E-state index >= 15 is 0 Å². The van der Waals surface area contributed by atoms with Gasteiger partial charge in [0.25, 0.3) is 11.6 Å². The zero-order valence-electron chi connectivity index (χ0n) is 13.6. The third-order valence-electron chi connectivity index (χ3n) is 4.09. The molecule has 0 aromatic carbocycles. The Labute approximate surface area is 144 Å². The molecule has 1 atom stereocenters. The second kappa shape index (κ2) is 8.20. The molecule has 0 aliphatic carbocycles. The number of amides is 2. The van der Waals surface area contributed by atoms with E-state index in [0.717, 1.165) is 30.6 Å². The van der Waals surface area contributed by atoms with E-state index in [1.54, 1.807) is 11.8 Å². The Morgan fingerprint density at radius 2 is 2.25 bits per heavy atom. The first kappa shape index (κ1) is 18.3. The average Bonchev–Trinajstić information content (AvgIpc) is 2.95. The normalized spacial score (nSPS) is 17.6. The molecule has 1 aromatic heterocycles. The fraction of sp³-hybridized carbons (Fsp3) is 0.600. The van der Waals surface area contributed by atoms with E-state index in [1.807, 2.05) is 0 Å². The quantitative estimate of drug-likeness (QED) is 0.591. The molecule has 1 aliphatic heterocycles. The summed E-state index contributed by atoms with van der Waals surface area (Å²) >= 11 is 1.14. The van der Waals surface area contributed by atoms with Crippen LogP contribution < -0.4 is 11.1 Å². The van der Waals surface area contributed by atoms with Crippen molar-refractivity contribution in [2.75, 3.05) is 19.6 Å². The summed E-state index contributed by atoms with van der Waals surface area (Å²) in [4.78, 5) is 37.5. The highest BCUT2D eigenvalue weighted by atomic mass is 32.1. The van der Waals surface area contributed by atoms with Crippen molar-refractivity contribution in [3.8, 4) is 0 Å². The van der Waals surface area contributed by atoms with Crippen LogP contribution in [0.4, 0.5) is 5.69 Å². The van der Waals surface area contributed by atoms with Crippen molar-refractivity contribution in [1.82, 2.24) is 10.2 Å². The monoisotopic (exact) mass is 354 g/mol. The lowest BCUT2D eigenvalue weighted by molar-refractivity contribution is -0.385. The van der Waals surface area contributed by atoms with Crippen molar-refractivity contribution >= 4 is 28.8 Å². The topological polar surface area (TPSA) is 119 Å². The van der Waals surface area contributed by atoms with Crippen LogP contribution in [0.2, 0.25) is 0 Å². The zero-order chi connectivity index (χ0) is 17.7. The molecule has 3 N–H and O–H groups in total. The highest BCUT2D eigenvalue weighted by Gasteiger charge is 2.30. The van der Waals surface area contributed by atoms with Gasteiger partial charge < -0.3 is 16.0 Å². The lowest BCUT2D eigenvalue weighted by Gasteiger charge is -2.35. The Morgan fingerprint density at radius 3 is 2.88 bits per heavy atom. The maximum Gasteiger partial charge on any atom is 0.283 e. The van der Waals surface area contributed by atoms with Crippen molar-refractivity contribution in [2.24, 2.45) is 5.73 Å². The van der Waals surface area contributed by atoms with E-state index in [4.69, 9.17) is 5.73 Å². The Morgan fingerprint density at radius 1 is 1.50 bits per heavy atom. The maximum atomic E-state index is 12.7. The number of nitro groups is 1. The summed E-state index contributed by atoms with van der Waals surface area (Å²) < 4.78 is 0. The van der Waals surface area contributed by atoms with Crippen molar-refractivity contribution in [3.05, 3.63) is 25.9 Å². The standard InChI is InChI=1S/C15H22N4O4S/c1-10-12(19(22)23)8-13(24-10)15(21)18-7-3-2-4-11(18)9-17-14(20)5-6-16/h8,11H,2-7,9,16H2,1H3,(H,17,20). The molecule has 1 saturated heterocycles. The fourth-order valence-corrected chi connectivity index (χ4v) is 3.77. The number of likely N-dealkylation sites (tertiary alicyclic amines) is 1. The number of hydrogen-bond acceptors (Lipinski definition) is 6. The molecule has 2 amide bonds. The minimum Gasteiger partial charge on any atom is -0.354 e. The lowest BCUT2D eigenvalue weighted by atomic mass is 10.0. The van der Waals surface area contributed by atoms with Crippen LogP contribution in [0.1, 0.15) is 40.2 Å². The molecule has 0 saturated carbocycles. The summed E-state index contributed by atoms with van der Waals surface area (Å²) in [6.07, 6.45) is 2.95. The summed E-state index contributed by atoms with van der Waals surface area (Å²) in [6, 6.07) is 1.26. The molecule has 8 nitrogen and oxygen atoms in total. The van der Waals surface area contributed by atoms with Crippen molar-refractivity contribution < 1.29 is 14.5 Å². The van der Waals surface area contributed by atoms with Gasteiger partial charge in [0.05, 0.1) is 14.7 Å². The summed E-state index contributed by atoms with van der Waals surface area (Å²) in [5.41, 5.74) is 5.33. The van der Waals surface area contributed by atoms with Crippen LogP contribution in [0.15, 0.2) is 6.07 Å². The summed E-state index contributed by atoms with van der Waals surface area (Å²) in [7, 11) is 0. The van der Waals surface area contributed by atoms with Gasteiger partial charge in [-0.2, -0.15) is 0 Å². The first-order valence-corrected chi connectivity index (χ1v) is 8.78. The van der Waals surface area contributed by atoms with E-state index in [0.29, 0.717) is 22.8 Å². The van der Waals surface area contributed by atoms with E-state index in [9.17, 15) is 19.7 Å². The number of nitrogens with one attached hydrogen (secondary N) is 1. The maximum absolute atomic E-state index is 12.7. The molecule has 0 bridgehead atoms. The molecule has 24 heavy (non-hydrogen) atoms. The largest absolute Gasteiger partial charge is 0.354 e. The number of nitrogens with two attached hydrogens (primary N) is 1. The van der Waals surface area contributed by atoms with Crippen LogP contribution in [0, 0.1) is 17.0 Å². The number of nitrogens with zero attached hydrogens (tertiary/aromatic N) is 2. The number of hydrogen-bond donors (Lipinski definition) is 2. The number of piperidine rings is 1. The Bertz CT molecular complexity index is 631. The zero-order valence-corrected chi connectivity index (χ0v) is 14.4. The molecular formula is C15H22N4O4S. The predicted octanol–water partition coefficient (Wildman–Crippen LogP) is 1.42. The number of carbonyl (C=O) groups is 2. The lowest BCUT2D eigenvalue weighted by Crippen LogP contribution is -2.49. The van der Waals surface area contributed by atoms with Crippen LogP contribution in [0.3, 0.4) is 0 Å². The molecule has 1 fully saturated rings. The highest BCUT2D eigenvalue weighted by molar-refractivity contribution is 7.14. The Kier molecular flexibility index (Phi) is 6.27. The average molecular weight is 354 g/mol. The fourth-order valence-electron chi connectivity index (χ4n) is 2.83. The molecule has 2 heterocycles. The molecule has 1 unspecified atom stereocenters. The van der Waals surface area contributed by atoms with E-state index < -0.39 is 4.92 Å². The van der Waals surface area contributed by atoms with Crippen molar-refractivity contribution in [3.63, 3.8) is 0 Å². The number of rotatable bonds is 6. The van der Waals surface area contributed by atoms with Gasteiger partial charge in [0, 0.05) is 38.2 Å². The van der Waals surface area contributed by atoms with E-state index in [2.05, 4.69) is 5.32 Å². The Hall–Kier alpha value is -2.00. The van der Waals surface area contributed by atoms with Crippen molar-refractivity contribution in [2.45, 2.75) is 38.6 Å². The third-order valence-corrected chi connectivity index (χ3v) is 5.12. The number of thiophene rings is 1. The van der Waals surface area contributed by atoms with Gasteiger partial charge in [-0.25, -0.2) is 0 Å². The van der Waals surface area contributed by atoms with Crippen molar-refractivity contribution in [1.29, 1.82) is 0 Å². The number of carbonyl (C=O) groups excluding carboxylic acids is 2. The molecule has 0 radical (unpaired) electrons. The van der Waals surface area contributed by atoms with Gasteiger partial charge in [0.15, 0.2) is 0 Å². The van der Waals surface area contributed by atoms with Gasteiger partial charge in [-0.15, -0.1) is 11.3 Å². The molecule has 1 aromatic rings. The van der Waals surface area contributed by atoms with Gasteiger partial charge in [-0.3, -0.25) is 19.7 Å². The molecule has 9 heteroatoms. The summed E-state index contributed by atoms with van der Waals surface area (Å²) in [5.74, 6) is -0.327. The van der Waals surface area contributed by atoms with Crippen LogP contribution >= 0.6 is 11.3 Å². The first-order chi connectivity index (χ1) is 11.4. The molecule has 1 aliphatic rings. The van der Waals surface area contributed by atoms with Gasteiger partial charge in [0.1, 0.15) is 0 Å². The van der Waals surface area contributed by atoms with E-state index in [1.165, 1.54) is 6.07 Å². The van der Waals surface area contributed by atoms with Gasteiger partial charge in [-0.1, -0.05) is 0 Å². The molecular weight excluding hydrogens is 332 g/mol. The van der Waals surface area contributed by atoms with Crippen LogP contribution in [-0.2, 0) is 4.79 Å². The molecule has 2 rings (SSSR count). The Balaban J connectivity index is 2.08. The predicted molar refractivity (Wildman–Crippen MR) is 91.1 cm³/mol. The van der Waals surface area contributed by atoms with Gasteiger partial charge >= 0.3 is 0 Å². The van der Waals surface area contributed by atoms with Gasteiger partial charge in [-0.05, 0) is 26.2 Å². The van der Waals surface area contributed by atoms with Crippen LogP contribution in [0.25, 0.3) is 0 Å². The number of aryl methyl sites for hydroxylation is 1. The second-order valence-corrected chi connectivity index (χ2v) is 7.06. The SMILES string of the molecule is Cc1sc(C(=O)N2CCCCC2CNC(=O)CCN)cc1[N+](=O)[O-]. The first-order valence-electron chi connectivity index (χ1n) is 7.96. The molecule has 132 valence electrons.